The molecule has 1 rings (SSSR count). The van der Waals surface area contributed by atoms with Gasteiger partial charge in [0.2, 0.25) is 15.9 Å². The van der Waals surface area contributed by atoms with E-state index in [4.69, 9.17) is 0 Å². The Balaban J connectivity index is 2.91. The quantitative estimate of drug-likeness (QED) is 0.841. The van der Waals surface area contributed by atoms with Crippen LogP contribution in [-0.2, 0) is 14.8 Å². The van der Waals surface area contributed by atoms with Crippen molar-refractivity contribution in [1.82, 2.24) is 10.0 Å². The molecule has 0 aliphatic carbocycles. The first-order chi connectivity index (χ1) is 10.1. The van der Waals surface area contributed by atoms with Gasteiger partial charge in [-0.15, -0.1) is 0 Å². The van der Waals surface area contributed by atoms with Gasteiger partial charge in [0.05, 0.1) is 4.90 Å². The van der Waals surface area contributed by atoms with Crippen LogP contribution in [0.2, 0.25) is 0 Å². The van der Waals surface area contributed by atoms with Crippen LogP contribution in [0, 0.1) is 27.7 Å². The highest BCUT2D eigenvalue weighted by Crippen LogP contribution is 2.25. The van der Waals surface area contributed by atoms with Crippen molar-refractivity contribution in [3.8, 4) is 0 Å². The second-order valence-corrected chi connectivity index (χ2v) is 7.66. The van der Waals surface area contributed by atoms with Crippen LogP contribution in [0.15, 0.2) is 11.0 Å². The zero-order valence-electron chi connectivity index (χ0n) is 14.2. The fourth-order valence-electron chi connectivity index (χ4n) is 2.35. The van der Waals surface area contributed by atoms with E-state index in [9.17, 15) is 13.2 Å². The third-order valence-electron chi connectivity index (χ3n) is 3.66. The molecule has 0 radical (unpaired) electrons. The zero-order valence-corrected chi connectivity index (χ0v) is 15.0. The summed E-state index contributed by atoms with van der Waals surface area (Å²) in [5, 5.41) is 2.74. The first kappa shape index (κ1) is 18.6. The highest BCUT2D eigenvalue weighted by Gasteiger charge is 2.21. The summed E-state index contributed by atoms with van der Waals surface area (Å²) in [7, 11) is -3.62. The largest absolute Gasteiger partial charge is 0.354 e. The van der Waals surface area contributed by atoms with Crippen LogP contribution in [-0.4, -0.2) is 26.9 Å². The Bertz CT molecular complexity index is 638. The van der Waals surface area contributed by atoms with Crippen molar-refractivity contribution in [2.24, 2.45) is 0 Å². The van der Waals surface area contributed by atoms with Crippen molar-refractivity contribution in [3.05, 3.63) is 28.3 Å². The molecule has 0 heterocycles. The molecule has 5 nitrogen and oxygen atoms in total. The maximum Gasteiger partial charge on any atom is 0.241 e. The average molecular weight is 326 g/mol. The number of hydrogen-bond donors (Lipinski definition) is 2. The van der Waals surface area contributed by atoms with E-state index in [1.807, 2.05) is 47.6 Å². The first-order valence-corrected chi connectivity index (χ1v) is 8.91. The Morgan fingerprint density at radius 2 is 1.59 bits per heavy atom. The maximum absolute atomic E-state index is 12.5. The minimum absolute atomic E-state index is 0.0491. The van der Waals surface area contributed by atoms with Crippen LogP contribution in [0.3, 0.4) is 0 Å². The van der Waals surface area contributed by atoms with E-state index in [2.05, 4.69) is 10.0 Å². The minimum atomic E-state index is -3.62. The van der Waals surface area contributed by atoms with E-state index >= 15 is 0 Å². The topological polar surface area (TPSA) is 75.3 Å². The molecular weight excluding hydrogens is 300 g/mol. The Hall–Kier alpha value is -1.40. The van der Waals surface area contributed by atoms with Gasteiger partial charge < -0.3 is 5.32 Å². The van der Waals surface area contributed by atoms with Crippen molar-refractivity contribution in [1.29, 1.82) is 0 Å². The molecule has 0 bridgehead atoms. The third kappa shape index (κ3) is 4.55. The number of carbonyl (C=O) groups is 1. The number of nitrogens with one attached hydrogen (secondary N) is 2. The van der Waals surface area contributed by atoms with Crippen LogP contribution >= 0.6 is 0 Å². The SMILES string of the molecule is Cc1cc(C)c(C)c(S(=O)(=O)NCCC(=O)NC(C)C)c1C. The minimum Gasteiger partial charge on any atom is -0.354 e. The molecule has 1 aromatic carbocycles. The van der Waals surface area contributed by atoms with E-state index in [1.165, 1.54) is 0 Å². The second kappa shape index (κ2) is 7.24. The number of sulfonamides is 1. The summed E-state index contributed by atoms with van der Waals surface area (Å²) in [6, 6.07) is 2.03. The summed E-state index contributed by atoms with van der Waals surface area (Å²) in [4.78, 5) is 11.9. The molecule has 0 aliphatic heterocycles. The van der Waals surface area contributed by atoms with Gasteiger partial charge in [-0.25, -0.2) is 13.1 Å². The predicted molar refractivity (Wildman–Crippen MR) is 88.5 cm³/mol. The summed E-state index contributed by atoms with van der Waals surface area (Å²) in [5.74, 6) is -0.161. The number of rotatable bonds is 6. The molecular formula is C16H26N2O3S. The molecule has 0 atom stereocenters. The summed E-state index contributed by atoms with van der Waals surface area (Å²) in [6.45, 7) is 11.2. The molecule has 0 fully saturated rings. The number of benzene rings is 1. The summed E-state index contributed by atoms with van der Waals surface area (Å²) >= 11 is 0. The van der Waals surface area contributed by atoms with Crippen molar-refractivity contribution < 1.29 is 13.2 Å². The highest BCUT2D eigenvalue weighted by molar-refractivity contribution is 7.89. The van der Waals surface area contributed by atoms with Crippen molar-refractivity contribution in [2.45, 2.75) is 58.9 Å². The third-order valence-corrected chi connectivity index (χ3v) is 5.39. The molecule has 6 heteroatoms. The molecule has 0 saturated carbocycles. The lowest BCUT2D eigenvalue weighted by molar-refractivity contribution is -0.121. The fraction of sp³-hybridized carbons (Fsp3) is 0.562. The smallest absolute Gasteiger partial charge is 0.241 e. The number of aryl methyl sites for hydroxylation is 2. The van der Waals surface area contributed by atoms with Crippen molar-refractivity contribution >= 4 is 15.9 Å². The molecule has 22 heavy (non-hydrogen) atoms. The van der Waals surface area contributed by atoms with Gasteiger partial charge in [0.25, 0.3) is 0 Å². The van der Waals surface area contributed by atoms with Gasteiger partial charge in [-0.1, -0.05) is 6.07 Å². The highest BCUT2D eigenvalue weighted by atomic mass is 32.2. The van der Waals surface area contributed by atoms with E-state index in [0.29, 0.717) is 4.90 Å². The van der Waals surface area contributed by atoms with Gasteiger partial charge in [0.15, 0.2) is 0 Å². The average Bonchev–Trinajstić information content (AvgIpc) is 2.35. The molecule has 1 amide bonds. The normalized spacial score (nSPS) is 11.8. The fourth-order valence-corrected chi connectivity index (χ4v) is 3.99. The second-order valence-electron chi connectivity index (χ2n) is 5.96. The van der Waals surface area contributed by atoms with E-state index in [1.54, 1.807) is 0 Å². The zero-order chi connectivity index (χ0) is 17.1. The van der Waals surface area contributed by atoms with E-state index in [-0.39, 0.29) is 24.9 Å². The van der Waals surface area contributed by atoms with Crippen LogP contribution in [0.1, 0.15) is 42.5 Å². The van der Waals surface area contributed by atoms with Gasteiger partial charge in [-0.3, -0.25) is 4.79 Å². The van der Waals surface area contributed by atoms with Gasteiger partial charge in [-0.2, -0.15) is 0 Å². The van der Waals surface area contributed by atoms with Crippen LogP contribution in [0.5, 0.6) is 0 Å². The predicted octanol–water partition coefficient (Wildman–Crippen LogP) is 2.11. The lowest BCUT2D eigenvalue weighted by Gasteiger charge is -2.16. The summed E-state index contributed by atoms with van der Waals surface area (Å²) in [6.07, 6.45) is 0.125. The Morgan fingerprint density at radius 1 is 1.09 bits per heavy atom. The first-order valence-electron chi connectivity index (χ1n) is 7.42. The van der Waals surface area contributed by atoms with E-state index < -0.39 is 10.0 Å². The molecule has 0 aromatic heterocycles. The molecule has 2 N–H and O–H groups in total. The molecule has 124 valence electrons. The lowest BCUT2D eigenvalue weighted by Crippen LogP contribution is -2.34. The van der Waals surface area contributed by atoms with Gasteiger partial charge in [0.1, 0.15) is 0 Å². The van der Waals surface area contributed by atoms with Gasteiger partial charge >= 0.3 is 0 Å². The van der Waals surface area contributed by atoms with Crippen molar-refractivity contribution in [3.63, 3.8) is 0 Å². The molecule has 0 saturated heterocycles. The Kier molecular flexibility index (Phi) is 6.14. The van der Waals surface area contributed by atoms with Crippen LogP contribution in [0.4, 0.5) is 0 Å². The molecule has 0 aliphatic rings. The number of hydrogen-bond acceptors (Lipinski definition) is 3. The van der Waals surface area contributed by atoms with Gasteiger partial charge in [0, 0.05) is 19.0 Å². The molecule has 1 aromatic rings. The summed E-state index contributed by atoms with van der Waals surface area (Å²) in [5.41, 5.74) is 3.39. The van der Waals surface area contributed by atoms with Crippen LogP contribution in [0.25, 0.3) is 0 Å². The number of carbonyl (C=O) groups excluding carboxylic acids is 1. The Morgan fingerprint density at radius 3 is 2.05 bits per heavy atom. The monoisotopic (exact) mass is 326 g/mol. The maximum atomic E-state index is 12.5. The number of amides is 1. The standard InChI is InChI=1S/C16H26N2O3S/c1-10(2)18-15(19)7-8-17-22(20,21)16-13(5)11(3)9-12(4)14(16)6/h9-10,17H,7-8H2,1-6H3,(H,18,19). The molecule has 0 unspecified atom stereocenters. The lowest BCUT2D eigenvalue weighted by atomic mass is 10.0. The van der Waals surface area contributed by atoms with Crippen LogP contribution < -0.4 is 10.0 Å². The van der Waals surface area contributed by atoms with E-state index in [0.717, 1.165) is 22.3 Å². The molecule has 0 spiro atoms. The summed E-state index contributed by atoms with van der Waals surface area (Å²) < 4.78 is 27.6. The Labute approximate surface area is 133 Å². The van der Waals surface area contributed by atoms with Gasteiger partial charge in [-0.05, 0) is 63.8 Å². The van der Waals surface area contributed by atoms with Crippen molar-refractivity contribution in [2.75, 3.05) is 6.54 Å².